The third-order valence-electron chi connectivity index (χ3n) is 2.54. The molecule has 72 valence electrons. The van der Waals surface area contributed by atoms with Gasteiger partial charge in [-0.3, -0.25) is 0 Å². The molecule has 0 radical (unpaired) electrons. The number of quaternary nitrogens is 1. The Morgan fingerprint density at radius 3 is 1.92 bits per heavy atom. The Morgan fingerprint density at radius 1 is 1.00 bits per heavy atom. The van der Waals surface area contributed by atoms with E-state index in [0.717, 1.165) is 55.6 Å². The van der Waals surface area contributed by atoms with Crippen molar-refractivity contribution in [3.8, 4) is 0 Å². The molecule has 1 fully saturated rings. The molecule has 0 saturated carbocycles. The molecule has 0 bridgehead atoms. The van der Waals surface area contributed by atoms with Crippen molar-refractivity contribution in [2.45, 2.75) is 0 Å². The largest absolute Gasteiger partial charge is 0.370 e. The first-order chi connectivity index (χ1) is 5.83. The monoisotopic (exact) mass is 212 g/mol. The molecule has 0 amide bonds. The van der Waals surface area contributed by atoms with Gasteiger partial charge in [-0.05, 0) is 0 Å². The van der Waals surface area contributed by atoms with E-state index in [2.05, 4.69) is 0 Å². The molecule has 0 aromatic heterocycles. The Bertz CT molecular complexity index is 111. The van der Waals surface area contributed by atoms with Crippen molar-refractivity contribution in [2.24, 2.45) is 0 Å². The number of hydrogen-bond donors (Lipinski definition) is 0. The van der Waals surface area contributed by atoms with Gasteiger partial charge in [0.25, 0.3) is 0 Å². The molecule has 1 aliphatic heterocycles. The van der Waals surface area contributed by atoms with Gasteiger partial charge in [-0.25, -0.2) is 0 Å². The maximum absolute atomic E-state index is 5.76. The highest BCUT2D eigenvalue weighted by molar-refractivity contribution is 6.18. The van der Waals surface area contributed by atoms with E-state index >= 15 is 0 Å². The second kappa shape index (κ2) is 5.28. The van der Waals surface area contributed by atoms with Gasteiger partial charge in [-0.15, -0.1) is 23.2 Å². The number of morpholine rings is 1. The SMILES string of the molecule is ClCC[N+]1(CCCl)CCOCC1. The lowest BCUT2D eigenvalue weighted by atomic mass is 10.3. The number of halogens is 2. The standard InChI is InChI=1S/C8H16Cl2NO/c9-1-3-11(4-2-10)5-7-12-8-6-11/h1-8H2/q+1. The molecule has 12 heavy (non-hydrogen) atoms. The Morgan fingerprint density at radius 2 is 1.50 bits per heavy atom. The van der Waals surface area contributed by atoms with Crippen molar-refractivity contribution in [1.29, 1.82) is 0 Å². The summed E-state index contributed by atoms with van der Waals surface area (Å²) in [6.45, 7) is 5.90. The van der Waals surface area contributed by atoms with Crippen LogP contribution in [-0.4, -0.2) is 55.6 Å². The zero-order valence-electron chi connectivity index (χ0n) is 7.27. The fraction of sp³-hybridized carbons (Fsp3) is 1.00. The maximum Gasteiger partial charge on any atom is 0.103 e. The van der Waals surface area contributed by atoms with Crippen LogP contribution in [0.2, 0.25) is 0 Å². The summed E-state index contributed by atoms with van der Waals surface area (Å²) >= 11 is 11.5. The Labute approximate surface area is 84.0 Å². The molecular weight excluding hydrogens is 197 g/mol. The second-order valence-electron chi connectivity index (χ2n) is 3.23. The van der Waals surface area contributed by atoms with Crippen molar-refractivity contribution in [1.82, 2.24) is 0 Å². The first-order valence-corrected chi connectivity index (χ1v) is 5.45. The minimum Gasteiger partial charge on any atom is -0.370 e. The summed E-state index contributed by atoms with van der Waals surface area (Å²) in [5.74, 6) is 1.44. The van der Waals surface area contributed by atoms with Crippen LogP contribution in [0.25, 0.3) is 0 Å². The minimum atomic E-state index is 0.719. The molecular formula is C8H16Cl2NO+. The minimum absolute atomic E-state index is 0.719. The van der Waals surface area contributed by atoms with Gasteiger partial charge in [-0.2, -0.15) is 0 Å². The molecule has 0 N–H and O–H groups in total. The summed E-state index contributed by atoms with van der Waals surface area (Å²) in [6, 6.07) is 0. The highest BCUT2D eigenvalue weighted by atomic mass is 35.5. The number of alkyl halides is 2. The van der Waals surface area contributed by atoms with Crippen molar-refractivity contribution >= 4 is 23.2 Å². The maximum atomic E-state index is 5.76. The molecule has 1 rings (SSSR count). The van der Waals surface area contributed by atoms with Crippen LogP contribution in [0.15, 0.2) is 0 Å². The van der Waals surface area contributed by atoms with Gasteiger partial charge in [0.15, 0.2) is 0 Å². The molecule has 0 aromatic rings. The van der Waals surface area contributed by atoms with E-state index in [9.17, 15) is 0 Å². The van der Waals surface area contributed by atoms with E-state index in [0.29, 0.717) is 0 Å². The predicted molar refractivity (Wildman–Crippen MR) is 52.0 cm³/mol. The molecule has 0 aromatic carbocycles. The Kier molecular flexibility index (Phi) is 4.65. The third-order valence-corrected chi connectivity index (χ3v) is 2.88. The zero-order chi connectivity index (χ0) is 8.86. The lowest BCUT2D eigenvalue weighted by Crippen LogP contribution is -2.56. The van der Waals surface area contributed by atoms with Crippen LogP contribution >= 0.6 is 23.2 Å². The van der Waals surface area contributed by atoms with Crippen LogP contribution < -0.4 is 0 Å². The highest BCUT2D eigenvalue weighted by Crippen LogP contribution is 2.11. The van der Waals surface area contributed by atoms with Gasteiger partial charge < -0.3 is 9.22 Å². The van der Waals surface area contributed by atoms with Crippen molar-refractivity contribution < 1.29 is 9.22 Å². The zero-order valence-corrected chi connectivity index (χ0v) is 8.78. The van der Waals surface area contributed by atoms with E-state index in [4.69, 9.17) is 27.9 Å². The molecule has 2 nitrogen and oxygen atoms in total. The van der Waals surface area contributed by atoms with E-state index in [1.54, 1.807) is 0 Å². The van der Waals surface area contributed by atoms with Gasteiger partial charge >= 0.3 is 0 Å². The van der Waals surface area contributed by atoms with E-state index in [1.165, 1.54) is 0 Å². The molecule has 1 aliphatic rings. The average Bonchev–Trinajstić information content (AvgIpc) is 2.07. The molecule has 1 saturated heterocycles. The van der Waals surface area contributed by atoms with Crippen LogP contribution in [0.4, 0.5) is 0 Å². The lowest BCUT2D eigenvalue weighted by molar-refractivity contribution is -0.930. The van der Waals surface area contributed by atoms with E-state index in [-0.39, 0.29) is 0 Å². The van der Waals surface area contributed by atoms with Gasteiger partial charge in [-0.1, -0.05) is 0 Å². The molecule has 0 aliphatic carbocycles. The van der Waals surface area contributed by atoms with E-state index < -0.39 is 0 Å². The Balaban J connectivity index is 2.44. The number of hydrogen-bond acceptors (Lipinski definition) is 1. The first-order valence-electron chi connectivity index (χ1n) is 4.38. The van der Waals surface area contributed by atoms with Gasteiger partial charge in [0, 0.05) is 0 Å². The second-order valence-corrected chi connectivity index (χ2v) is 3.98. The fourth-order valence-electron chi connectivity index (χ4n) is 1.65. The molecule has 0 spiro atoms. The van der Waals surface area contributed by atoms with Crippen LogP contribution in [-0.2, 0) is 4.74 Å². The highest BCUT2D eigenvalue weighted by Gasteiger charge is 2.28. The topological polar surface area (TPSA) is 9.23 Å². The summed E-state index contributed by atoms with van der Waals surface area (Å²) in [7, 11) is 0. The lowest BCUT2D eigenvalue weighted by Gasteiger charge is -2.40. The fourth-order valence-corrected chi connectivity index (χ4v) is 2.36. The smallest absolute Gasteiger partial charge is 0.103 e. The van der Waals surface area contributed by atoms with Gasteiger partial charge in [0.1, 0.15) is 13.1 Å². The van der Waals surface area contributed by atoms with Crippen LogP contribution in [0, 0.1) is 0 Å². The van der Waals surface area contributed by atoms with E-state index in [1.807, 2.05) is 0 Å². The average molecular weight is 213 g/mol. The number of rotatable bonds is 4. The predicted octanol–water partition coefficient (Wildman–Crippen LogP) is 1.31. The van der Waals surface area contributed by atoms with Crippen LogP contribution in [0.5, 0.6) is 0 Å². The number of nitrogens with zero attached hydrogens (tertiary/aromatic N) is 1. The molecule has 4 heteroatoms. The quantitative estimate of drug-likeness (QED) is 0.505. The summed E-state index contributed by atoms with van der Waals surface area (Å²) in [5, 5.41) is 0. The van der Waals surface area contributed by atoms with Crippen molar-refractivity contribution in [3.63, 3.8) is 0 Å². The van der Waals surface area contributed by atoms with Gasteiger partial charge in [0.2, 0.25) is 0 Å². The summed E-state index contributed by atoms with van der Waals surface area (Å²) in [4.78, 5) is 0. The molecule has 0 unspecified atom stereocenters. The first kappa shape index (κ1) is 10.6. The molecule has 1 heterocycles. The molecule has 0 atom stereocenters. The van der Waals surface area contributed by atoms with Crippen molar-refractivity contribution in [2.75, 3.05) is 51.2 Å². The summed E-state index contributed by atoms with van der Waals surface area (Å²) in [5.41, 5.74) is 0. The number of ether oxygens (including phenoxy) is 1. The van der Waals surface area contributed by atoms with Gasteiger partial charge in [0.05, 0.1) is 38.1 Å². The third kappa shape index (κ3) is 2.77. The van der Waals surface area contributed by atoms with Crippen LogP contribution in [0.1, 0.15) is 0 Å². The summed E-state index contributed by atoms with van der Waals surface area (Å²) < 4.78 is 6.36. The van der Waals surface area contributed by atoms with Crippen LogP contribution in [0.3, 0.4) is 0 Å². The normalized spacial score (nSPS) is 22.5. The Hall–Kier alpha value is 0.500. The summed E-state index contributed by atoms with van der Waals surface area (Å²) in [6.07, 6.45) is 0. The van der Waals surface area contributed by atoms with Crippen molar-refractivity contribution in [3.05, 3.63) is 0 Å².